The molecule has 3 atom stereocenters. The average Bonchev–Trinajstić information content (AvgIpc) is 2.82. The topological polar surface area (TPSA) is 140 Å². The zero-order chi connectivity index (χ0) is 27.0. The smallest absolute Gasteiger partial charge is 0.336 e. The van der Waals surface area contributed by atoms with E-state index in [1.54, 1.807) is 32.8 Å². The molecule has 0 aromatic heterocycles. The molecule has 1 aliphatic heterocycles. The van der Waals surface area contributed by atoms with Crippen molar-refractivity contribution in [1.82, 2.24) is 15.5 Å². The third kappa shape index (κ3) is 6.88. The summed E-state index contributed by atoms with van der Waals surface area (Å²) in [7, 11) is 4.97. The highest BCUT2D eigenvalue weighted by molar-refractivity contribution is 6.02. The SMILES string of the molecule is COC(=O)C1=C(C)NC(C)=C(C(=O)N[C@@H](OCCN(C)C)C(C)C=C=O)[C@@H]1c1cccc([N+](=O)[O-])c1. The van der Waals surface area contributed by atoms with Gasteiger partial charge in [0.15, 0.2) is 0 Å². The number of methoxy groups -OCH3 is 1. The van der Waals surface area contributed by atoms with E-state index in [0.29, 0.717) is 23.5 Å². The number of carbonyl (C=O) groups is 2. The van der Waals surface area contributed by atoms with Gasteiger partial charge in [0.2, 0.25) is 0 Å². The molecule has 2 N–H and O–H groups in total. The Kier molecular flexibility index (Phi) is 10.1. The molecule has 2 rings (SSSR count). The molecule has 1 aliphatic rings. The number of carbonyl (C=O) groups excluding carboxylic acids is 3. The highest BCUT2D eigenvalue weighted by Crippen LogP contribution is 2.39. The third-order valence-corrected chi connectivity index (χ3v) is 5.74. The Bertz CT molecular complexity index is 1120. The number of nitro groups is 1. The number of esters is 1. The minimum absolute atomic E-state index is 0.152. The Hall–Kier alpha value is -3.79. The number of hydrogen-bond donors (Lipinski definition) is 2. The van der Waals surface area contributed by atoms with E-state index in [1.165, 1.54) is 31.4 Å². The quantitative estimate of drug-likeness (QED) is 0.154. The van der Waals surface area contributed by atoms with Crippen LogP contribution < -0.4 is 10.6 Å². The molecule has 1 amide bonds. The molecule has 1 heterocycles. The molecule has 11 heteroatoms. The van der Waals surface area contributed by atoms with E-state index in [-0.39, 0.29) is 23.4 Å². The van der Waals surface area contributed by atoms with Crippen LogP contribution in [-0.4, -0.2) is 68.2 Å². The third-order valence-electron chi connectivity index (χ3n) is 5.74. The second kappa shape index (κ2) is 12.8. The first kappa shape index (κ1) is 28.4. The Labute approximate surface area is 210 Å². The van der Waals surface area contributed by atoms with Gasteiger partial charge >= 0.3 is 5.97 Å². The van der Waals surface area contributed by atoms with Crippen LogP contribution in [0.3, 0.4) is 0 Å². The van der Waals surface area contributed by atoms with E-state index in [4.69, 9.17) is 9.47 Å². The number of ether oxygens (including phenoxy) is 2. The van der Waals surface area contributed by atoms with Gasteiger partial charge in [-0.1, -0.05) is 19.1 Å². The van der Waals surface area contributed by atoms with Gasteiger partial charge in [-0.2, -0.15) is 0 Å². The molecule has 0 fully saturated rings. The van der Waals surface area contributed by atoms with Crippen LogP contribution in [0, 0.1) is 16.0 Å². The average molecular weight is 501 g/mol. The van der Waals surface area contributed by atoms with E-state index in [0.717, 1.165) is 0 Å². The van der Waals surface area contributed by atoms with Gasteiger partial charge in [-0.15, -0.1) is 0 Å². The molecule has 0 spiro atoms. The molecule has 0 radical (unpaired) electrons. The number of nitrogens with one attached hydrogen (secondary N) is 2. The highest BCUT2D eigenvalue weighted by Gasteiger charge is 2.38. The molecule has 0 saturated carbocycles. The van der Waals surface area contributed by atoms with Gasteiger partial charge in [0, 0.05) is 47.6 Å². The number of nitrogens with zero attached hydrogens (tertiary/aromatic N) is 2. The van der Waals surface area contributed by atoms with Gasteiger partial charge in [0.1, 0.15) is 12.2 Å². The molecule has 194 valence electrons. The molecule has 1 unspecified atom stereocenters. The number of likely N-dealkylation sites (N-methyl/N-ethyl adjacent to an activating group) is 1. The summed E-state index contributed by atoms with van der Waals surface area (Å²) in [5, 5.41) is 17.3. The number of hydrogen-bond acceptors (Lipinski definition) is 9. The number of allylic oxidation sites excluding steroid dienone is 2. The van der Waals surface area contributed by atoms with E-state index in [2.05, 4.69) is 10.6 Å². The van der Waals surface area contributed by atoms with Crippen LogP contribution in [-0.2, 0) is 23.9 Å². The minimum atomic E-state index is -0.946. The Morgan fingerprint density at radius 3 is 2.53 bits per heavy atom. The maximum Gasteiger partial charge on any atom is 0.336 e. The van der Waals surface area contributed by atoms with Gasteiger partial charge in [0.25, 0.3) is 11.6 Å². The summed E-state index contributed by atoms with van der Waals surface area (Å²) in [6.07, 6.45) is 0.390. The van der Waals surface area contributed by atoms with Crippen molar-refractivity contribution in [1.29, 1.82) is 0 Å². The summed E-state index contributed by atoms with van der Waals surface area (Å²) < 4.78 is 10.8. The van der Waals surface area contributed by atoms with Gasteiger partial charge < -0.3 is 25.0 Å². The number of dihydropyridines is 1. The van der Waals surface area contributed by atoms with Crippen molar-refractivity contribution in [3.05, 3.63) is 68.6 Å². The van der Waals surface area contributed by atoms with E-state index in [9.17, 15) is 24.5 Å². The van der Waals surface area contributed by atoms with E-state index < -0.39 is 34.9 Å². The van der Waals surface area contributed by atoms with Crippen LogP contribution >= 0.6 is 0 Å². The van der Waals surface area contributed by atoms with Gasteiger partial charge in [0.05, 0.1) is 30.1 Å². The molecule has 1 aromatic carbocycles. The van der Waals surface area contributed by atoms with Crippen LogP contribution in [0.2, 0.25) is 0 Å². The lowest BCUT2D eigenvalue weighted by Gasteiger charge is -2.32. The van der Waals surface area contributed by atoms with Crippen LogP contribution in [0.25, 0.3) is 0 Å². The molecule has 11 nitrogen and oxygen atoms in total. The number of amides is 1. The van der Waals surface area contributed by atoms with Gasteiger partial charge in [-0.3, -0.25) is 14.9 Å². The summed E-state index contributed by atoms with van der Waals surface area (Å²) in [6.45, 7) is 5.91. The van der Waals surface area contributed by atoms with Gasteiger partial charge in [-0.05, 0) is 33.5 Å². The fourth-order valence-electron chi connectivity index (χ4n) is 3.92. The van der Waals surface area contributed by atoms with E-state index >= 15 is 0 Å². The Balaban J connectivity index is 2.55. The van der Waals surface area contributed by atoms with Crippen molar-refractivity contribution in [3.63, 3.8) is 0 Å². The van der Waals surface area contributed by atoms with Crippen molar-refractivity contribution in [3.8, 4) is 0 Å². The second-order valence-corrected chi connectivity index (χ2v) is 8.69. The molecule has 0 bridgehead atoms. The molecule has 36 heavy (non-hydrogen) atoms. The maximum atomic E-state index is 13.7. The number of rotatable bonds is 11. The number of non-ortho nitro benzene ring substituents is 1. The van der Waals surface area contributed by atoms with Crippen molar-refractivity contribution in [2.45, 2.75) is 32.9 Å². The Morgan fingerprint density at radius 2 is 1.94 bits per heavy atom. The van der Waals surface area contributed by atoms with Crippen molar-refractivity contribution >= 4 is 23.5 Å². The summed E-state index contributed by atoms with van der Waals surface area (Å²) >= 11 is 0. The predicted molar refractivity (Wildman–Crippen MR) is 132 cm³/mol. The fraction of sp³-hybridized carbons (Fsp3) is 0.440. The molecular weight excluding hydrogens is 468 g/mol. The monoisotopic (exact) mass is 500 g/mol. The largest absolute Gasteiger partial charge is 0.466 e. The lowest BCUT2D eigenvalue weighted by Crippen LogP contribution is -2.45. The lowest BCUT2D eigenvalue weighted by atomic mass is 9.80. The van der Waals surface area contributed by atoms with Crippen molar-refractivity contribution < 1.29 is 28.8 Å². The lowest BCUT2D eigenvalue weighted by molar-refractivity contribution is -0.384. The zero-order valence-corrected chi connectivity index (χ0v) is 21.3. The number of nitro benzene ring substituents is 1. The predicted octanol–water partition coefficient (Wildman–Crippen LogP) is 2.05. The van der Waals surface area contributed by atoms with Gasteiger partial charge in [-0.25, -0.2) is 9.59 Å². The first-order valence-corrected chi connectivity index (χ1v) is 11.3. The summed E-state index contributed by atoms with van der Waals surface area (Å²) in [4.78, 5) is 50.2. The summed E-state index contributed by atoms with van der Waals surface area (Å²) in [6, 6.07) is 5.77. The molecular formula is C25H32N4O7. The summed E-state index contributed by atoms with van der Waals surface area (Å²) in [5.74, 6) is -0.964. The Morgan fingerprint density at radius 1 is 1.28 bits per heavy atom. The molecule has 0 aliphatic carbocycles. The summed E-state index contributed by atoms with van der Waals surface area (Å²) in [5.41, 5.74) is 1.44. The van der Waals surface area contributed by atoms with Crippen molar-refractivity contribution in [2.75, 3.05) is 34.4 Å². The maximum absolute atomic E-state index is 13.7. The van der Waals surface area contributed by atoms with E-state index in [1.807, 2.05) is 19.0 Å². The minimum Gasteiger partial charge on any atom is -0.466 e. The van der Waals surface area contributed by atoms with Crippen molar-refractivity contribution in [2.24, 2.45) is 5.92 Å². The number of benzene rings is 1. The normalized spacial score (nSPS) is 17.1. The molecule has 1 aromatic rings. The van der Waals surface area contributed by atoms with Crippen LogP contribution in [0.1, 0.15) is 32.3 Å². The second-order valence-electron chi connectivity index (χ2n) is 8.69. The fourth-order valence-corrected chi connectivity index (χ4v) is 3.92. The standard InChI is InChI=1S/C25H32N4O7/c1-15(10-12-30)24(36-13-11-28(4)5)27-23(31)20-16(2)26-17(3)21(25(32)35-6)22(20)18-8-7-9-19(14-18)29(33)34/h7-10,14-15,22,24,26H,11,13H2,1-6H3,(H,27,31)/t15?,22-,24-/m0/s1. The first-order valence-electron chi connectivity index (χ1n) is 11.3. The first-order chi connectivity index (χ1) is 17.0. The van der Waals surface area contributed by atoms with Crippen LogP contribution in [0.4, 0.5) is 5.69 Å². The van der Waals surface area contributed by atoms with Crippen LogP contribution in [0.5, 0.6) is 0 Å². The highest BCUT2D eigenvalue weighted by atomic mass is 16.6. The van der Waals surface area contributed by atoms with Crippen LogP contribution in [0.15, 0.2) is 52.9 Å². The molecule has 0 saturated heterocycles. The zero-order valence-electron chi connectivity index (χ0n) is 21.3.